The van der Waals surface area contributed by atoms with Crippen molar-refractivity contribution in [1.29, 1.82) is 0 Å². The van der Waals surface area contributed by atoms with Crippen molar-refractivity contribution in [2.75, 3.05) is 19.7 Å². The van der Waals surface area contributed by atoms with Crippen molar-refractivity contribution in [3.63, 3.8) is 0 Å². The molecule has 0 fully saturated rings. The summed E-state index contributed by atoms with van der Waals surface area (Å²) in [5, 5.41) is 4.31. The number of hydrogen-bond acceptors (Lipinski definition) is 5. The van der Waals surface area contributed by atoms with Crippen LogP contribution in [0.2, 0.25) is 0 Å². The summed E-state index contributed by atoms with van der Waals surface area (Å²) in [4.78, 5) is 31.7. The van der Waals surface area contributed by atoms with Crippen LogP contribution >= 0.6 is 0 Å². The van der Waals surface area contributed by atoms with Gasteiger partial charge in [-0.3, -0.25) is 20.2 Å². The number of urea groups is 1. The second-order valence-electron chi connectivity index (χ2n) is 2.32. The zero-order chi connectivity index (χ0) is 11.0. The highest BCUT2D eigenvalue weighted by molar-refractivity contribution is 5.94. The molecular weight excluding hydrogens is 190 g/mol. The molecule has 0 rings (SSSR count). The molecular formula is C7H13N3O4. The van der Waals surface area contributed by atoms with Crippen molar-refractivity contribution in [1.82, 2.24) is 10.6 Å². The lowest BCUT2D eigenvalue weighted by atomic mass is 10.5. The Kier molecular flexibility index (Phi) is 6.04. The minimum absolute atomic E-state index is 0.0833. The van der Waals surface area contributed by atoms with E-state index in [-0.39, 0.29) is 19.7 Å². The van der Waals surface area contributed by atoms with Crippen LogP contribution in [0.4, 0.5) is 4.79 Å². The first-order chi connectivity index (χ1) is 6.56. The Bertz CT molecular complexity index is 229. The van der Waals surface area contributed by atoms with Crippen molar-refractivity contribution in [3.8, 4) is 0 Å². The second kappa shape index (κ2) is 6.84. The molecule has 0 spiro atoms. The Balaban J connectivity index is 3.49. The molecule has 80 valence electrons. The molecule has 0 aliphatic rings. The number of primary amides is 1. The van der Waals surface area contributed by atoms with Crippen molar-refractivity contribution in [2.24, 2.45) is 5.73 Å². The summed E-state index contributed by atoms with van der Waals surface area (Å²) in [6, 6.07) is -0.923. The fourth-order valence-electron chi connectivity index (χ4n) is 0.672. The number of imide groups is 1. The van der Waals surface area contributed by atoms with Gasteiger partial charge in [-0.25, -0.2) is 4.79 Å². The van der Waals surface area contributed by atoms with Crippen LogP contribution in [0.3, 0.4) is 0 Å². The topological polar surface area (TPSA) is 111 Å². The molecule has 0 aromatic heterocycles. The number of carbonyl (C=O) groups is 3. The fraction of sp³-hybridized carbons (Fsp3) is 0.571. The van der Waals surface area contributed by atoms with Crippen LogP contribution in [0, 0.1) is 0 Å². The Morgan fingerprint density at radius 3 is 2.43 bits per heavy atom. The van der Waals surface area contributed by atoms with E-state index in [4.69, 9.17) is 0 Å². The molecule has 7 heteroatoms. The third-order valence-corrected chi connectivity index (χ3v) is 1.12. The van der Waals surface area contributed by atoms with E-state index in [2.05, 4.69) is 15.8 Å². The van der Waals surface area contributed by atoms with Gasteiger partial charge >= 0.3 is 12.0 Å². The lowest BCUT2D eigenvalue weighted by Gasteiger charge is -2.03. The summed E-state index contributed by atoms with van der Waals surface area (Å²) in [5.41, 5.74) is 4.68. The lowest BCUT2D eigenvalue weighted by molar-refractivity contribution is -0.142. The van der Waals surface area contributed by atoms with Gasteiger partial charge in [-0.05, 0) is 6.92 Å². The molecule has 0 aliphatic carbocycles. The van der Waals surface area contributed by atoms with Crippen LogP contribution in [-0.2, 0) is 14.3 Å². The Hall–Kier alpha value is -1.63. The van der Waals surface area contributed by atoms with E-state index >= 15 is 0 Å². The summed E-state index contributed by atoms with van der Waals surface area (Å²) in [7, 11) is 0. The SMILES string of the molecule is CCOC(=O)CNCC(=O)NC(N)=O. The minimum atomic E-state index is -0.923. The Morgan fingerprint density at radius 2 is 1.93 bits per heavy atom. The average Bonchev–Trinajstić information content (AvgIpc) is 2.02. The number of hydrogen-bond donors (Lipinski definition) is 3. The molecule has 0 bridgehead atoms. The Morgan fingerprint density at radius 1 is 1.29 bits per heavy atom. The summed E-state index contributed by atoms with van der Waals surface area (Å²) >= 11 is 0. The summed E-state index contributed by atoms with van der Waals surface area (Å²) in [6.07, 6.45) is 0. The van der Waals surface area contributed by atoms with E-state index in [0.717, 1.165) is 0 Å². The first-order valence-electron chi connectivity index (χ1n) is 4.02. The highest BCUT2D eigenvalue weighted by Crippen LogP contribution is 1.74. The summed E-state index contributed by atoms with van der Waals surface area (Å²) < 4.78 is 4.58. The molecule has 0 saturated heterocycles. The molecule has 4 N–H and O–H groups in total. The fourth-order valence-corrected chi connectivity index (χ4v) is 0.672. The van der Waals surface area contributed by atoms with Gasteiger partial charge < -0.3 is 10.5 Å². The lowest BCUT2D eigenvalue weighted by Crippen LogP contribution is -2.41. The van der Waals surface area contributed by atoms with Gasteiger partial charge in [-0.15, -0.1) is 0 Å². The molecule has 0 saturated carbocycles. The molecule has 0 aromatic carbocycles. The maximum absolute atomic E-state index is 10.8. The van der Waals surface area contributed by atoms with Gasteiger partial charge in [-0.1, -0.05) is 0 Å². The molecule has 0 unspecified atom stereocenters. The van der Waals surface area contributed by atoms with Gasteiger partial charge in [0.25, 0.3) is 0 Å². The smallest absolute Gasteiger partial charge is 0.319 e. The van der Waals surface area contributed by atoms with E-state index < -0.39 is 17.9 Å². The van der Waals surface area contributed by atoms with E-state index in [9.17, 15) is 14.4 Å². The molecule has 3 amide bonds. The molecule has 0 atom stereocenters. The van der Waals surface area contributed by atoms with Crippen LogP contribution in [0.5, 0.6) is 0 Å². The first-order valence-corrected chi connectivity index (χ1v) is 4.02. The van der Waals surface area contributed by atoms with E-state index in [1.807, 2.05) is 5.32 Å². The van der Waals surface area contributed by atoms with Gasteiger partial charge in [-0.2, -0.15) is 0 Å². The summed E-state index contributed by atoms with van der Waals surface area (Å²) in [5.74, 6) is -1.05. The standard InChI is InChI=1S/C7H13N3O4/c1-2-14-6(12)4-9-3-5(11)10-7(8)13/h9H,2-4H2,1H3,(H3,8,10,11,13). The zero-order valence-corrected chi connectivity index (χ0v) is 7.83. The third kappa shape index (κ3) is 7.04. The molecule has 14 heavy (non-hydrogen) atoms. The molecule has 0 aliphatic heterocycles. The van der Waals surface area contributed by atoms with Gasteiger partial charge in [0.15, 0.2) is 0 Å². The van der Waals surface area contributed by atoms with Crippen LogP contribution < -0.4 is 16.4 Å². The second-order valence-corrected chi connectivity index (χ2v) is 2.32. The number of carbonyl (C=O) groups excluding carboxylic acids is 3. The third-order valence-electron chi connectivity index (χ3n) is 1.12. The maximum atomic E-state index is 10.8. The maximum Gasteiger partial charge on any atom is 0.319 e. The number of esters is 1. The monoisotopic (exact) mass is 203 g/mol. The quantitative estimate of drug-likeness (QED) is 0.463. The Labute approximate surface area is 81.0 Å². The van der Waals surface area contributed by atoms with Crippen molar-refractivity contribution in [2.45, 2.75) is 6.92 Å². The number of ether oxygens (including phenoxy) is 1. The normalized spacial score (nSPS) is 9.21. The van der Waals surface area contributed by atoms with Crippen LogP contribution in [0.25, 0.3) is 0 Å². The van der Waals surface area contributed by atoms with Gasteiger partial charge in [0, 0.05) is 0 Å². The number of rotatable bonds is 5. The number of amides is 3. The van der Waals surface area contributed by atoms with E-state index in [1.165, 1.54) is 0 Å². The minimum Gasteiger partial charge on any atom is -0.465 e. The van der Waals surface area contributed by atoms with Gasteiger partial charge in [0.1, 0.15) is 0 Å². The van der Waals surface area contributed by atoms with Crippen molar-refractivity contribution >= 4 is 17.9 Å². The summed E-state index contributed by atoms with van der Waals surface area (Å²) in [6.45, 7) is 1.72. The molecule has 0 heterocycles. The van der Waals surface area contributed by atoms with Crippen molar-refractivity contribution < 1.29 is 19.1 Å². The predicted octanol–water partition coefficient (Wildman–Crippen LogP) is -1.67. The number of nitrogens with one attached hydrogen (secondary N) is 2. The van der Waals surface area contributed by atoms with Gasteiger partial charge in [0.05, 0.1) is 19.7 Å². The zero-order valence-electron chi connectivity index (χ0n) is 7.83. The first kappa shape index (κ1) is 12.4. The van der Waals surface area contributed by atoms with Crippen LogP contribution in [0.1, 0.15) is 6.92 Å². The van der Waals surface area contributed by atoms with Crippen molar-refractivity contribution in [3.05, 3.63) is 0 Å². The van der Waals surface area contributed by atoms with E-state index in [0.29, 0.717) is 0 Å². The number of nitrogens with two attached hydrogens (primary N) is 1. The highest BCUT2D eigenvalue weighted by Gasteiger charge is 2.05. The van der Waals surface area contributed by atoms with Crippen LogP contribution in [0.15, 0.2) is 0 Å². The molecule has 0 aromatic rings. The van der Waals surface area contributed by atoms with Crippen LogP contribution in [-0.4, -0.2) is 37.6 Å². The molecule has 7 nitrogen and oxygen atoms in total. The van der Waals surface area contributed by atoms with E-state index in [1.54, 1.807) is 6.92 Å². The molecule has 0 radical (unpaired) electrons. The highest BCUT2D eigenvalue weighted by atomic mass is 16.5. The van der Waals surface area contributed by atoms with Gasteiger partial charge in [0.2, 0.25) is 5.91 Å². The predicted molar refractivity (Wildman–Crippen MR) is 47.2 cm³/mol. The largest absolute Gasteiger partial charge is 0.465 e. The average molecular weight is 203 g/mol.